The van der Waals surface area contributed by atoms with Crippen LogP contribution in [0.15, 0.2) is 0 Å². The van der Waals surface area contributed by atoms with Gasteiger partial charge in [0.15, 0.2) is 0 Å². The standard InChI is InChI=1S/C14H29N3O/c1-14(2,3)17-7-5-16(6-8-17)13(10-15)12-4-9-18-11-12/h12-13H,4-11,15H2,1-3H3. The molecule has 0 aromatic carbocycles. The smallest absolute Gasteiger partial charge is 0.0510 e. The third-order valence-corrected chi connectivity index (χ3v) is 4.48. The third kappa shape index (κ3) is 3.23. The number of rotatable bonds is 3. The lowest BCUT2D eigenvalue weighted by Gasteiger charge is -2.45. The Hall–Kier alpha value is -0.160. The number of nitrogens with zero attached hydrogens (tertiary/aromatic N) is 2. The second-order valence-corrected chi connectivity index (χ2v) is 6.62. The van der Waals surface area contributed by atoms with E-state index in [1.165, 1.54) is 6.42 Å². The van der Waals surface area contributed by atoms with E-state index in [1.807, 2.05) is 0 Å². The molecule has 2 heterocycles. The summed E-state index contributed by atoms with van der Waals surface area (Å²) in [6.45, 7) is 14.1. The van der Waals surface area contributed by atoms with Crippen LogP contribution < -0.4 is 5.73 Å². The topological polar surface area (TPSA) is 41.7 Å². The number of ether oxygens (including phenoxy) is 1. The van der Waals surface area contributed by atoms with Gasteiger partial charge in [-0.25, -0.2) is 0 Å². The summed E-state index contributed by atoms with van der Waals surface area (Å²) in [4.78, 5) is 5.16. The molecule has 2 saturated heterocycles. The first-order valence-electron chi connectivity index (χ1n) is 7.29. The van der Waals surface area contributed by atoms with Crippen LogP contribution in [-0.4, -0.2) is 67.3 Å². The Morgan fingerprint density at radius 2 is 1.89 bits per heavy atom. The molecule has 0 aromatic rings. The molecule has 2 aliphatic heterocycles. The van der Waals surface area contributed by atoms with Crippen molar-refractivity contribution < 1.29 is 4.74 Å². The zero-order valence-electron chi connectivity index (χ0n) is 12.2. The van der Waals surface area contributed by atoms with Gasteiger partial charge in [-0.1, -0.05) is 0 Å². The number of nitrogens with two attached hydrogens (primary N) is 1. The summed E-state index contributed by atoms with van der Waals surface area (Å²) in [5, 5.41) is 0. The Labute approximate surface area is 111 Å². The highest BCUT2D eigenvalue weighted by molar-refractivity contribution is 4.88. The highest BCUT2D eigenvalue weighted by Gasteiger charge is 2.33. The maximum atomic E-state index is 5.99. The summed E-state index contributed by atoms with van der Waals surface area (Å²) in [6, 6.07) is 0.523. The van der Waals surface area contributed by atoms with Crippen LogP contribution in [0.4, 0.5) is 0 Å². The quantitative estimate of drug-likeness (QED) is 0.809. The van der Waals surface area contributed by atoms with Crippen molar-refractivity contribution in [3.8, 4) is 0 Å². The molecule has 2 atom stereocenters. The normalized spacial score (nSPS) is 29.7. The highest BCUT2D eigenvalue weighted by atomic mass is 16.5. The van der Waals surface area contributed by atoms with Gasteiger partial charge in [-0.15, -0.1) is 0 Å². The molecule has 4 nitrogen and oxygen atoms in total. The number of hydrogen-bond donors (Lipinski definition) is 1. The molecule has 18 heavy (non-hydrogen) atoms. The Kier molecular flexibility index (Phi) is 4.64. The van der Waals surface area contributed by atoms with E-state index >= 15 is 0 Å². The van der Waals surface area contributed by atoms with Crippen LogP contribution >= 0.6 is 0 Å². The minimum Gasteiger partial charge on any atom is -0.381 e. The molecule has 0 radical (unpaired) electrons. The van der Waals surface area contributed by atoms with Crippen molar-refractivity contribution in [3.05, 3.63) is 0 Å². The summed E-state index contributed by atoms with van der Waals surface area (Å²) < 4.78 is 5.51. The van der Waals surface area contributed by atoms with Crippen LogP contribution in [0.3, 0.4) is 0 Å². The summed E-state index contributed by atoms with van der Waals surface area (Å²) >= 11 is 0. The molecule has 0 spiro atoms. The van der Waals surface area contributed by atoms with Gasteiger partial charge in [0.05, 0.1) is 6.61 Å². The van der Waals surface area contributed by atoms with E-state index in [9.17, 15) is 0 Å². The average Bonchev–Trinajstić information content (AvgIpc) is 2.83. The molecule has 2 N–H and O–H groups in total. The van der Waals surface area contributed by atoms with Crippen molar-refractivity contribution in [1.29, 1.82) is 0 Å². The first kappa shape index (κ1) is 14.3. The Bertz CT molecular complexity index is 250. The molecule has 2 aliphatic rings. The van der Waals surface area contributed by atoms with Gasteiger partial charge < -0.3 is 10.5 Å². The van der Waals surface area contributed by atoms with Gasteiger partial charge in [0, 0.05) is 56.8 Å². The lowest BCUT2D eigenvalue weighted by atomic mass is 9.96. The van der Waals surface area contributed by atoms with Crippen LogP contribution in [0, 0.1) is 5.92 Å². The predicted octanol–water partition coefficient (Wildman–Crippen LogP) is 0.766. The zero-order chi connectivity index (χ0) is 13.2. The minimum atomic E-state index is 0.292. The second kappa shape index (κ2) is 5.87. The van der Waals surface area contributed by atoms with E-state index in [-0.39, 0.29) is 0 Å². The van der Waals surface area contributed by atoms with Crippen molar-refractivity contribution in [2.75, 3.05) is 45.9 Å². The first-order chi connectivity index (χ1) is 8.52. The number of piperazine rings is 1. The van der Waals surface area contributed by atoms with Crippen molar-refractivity contribution in [3.63, 3.8) is 0 Å². The Balaban J connectivity index is 1.87. The van der Waals surface area contributed by atoms with Gasteiger partial charge in [0.2, 0.25) is 0 Å². The molecule has 2 fully saturated rings. The zero-order valence-corrected chi connectivity index (χ0v) is 12.2. The SMILES string of the molecule is CC(C)(C)N1CCN(C(CN)C2CCOC2)CC1. The fourth-order valence-electron chi connectivity index (χ4n) is 3.22. The maximum absolute atomic E-state index is 5.99. The molecular weight excluding hydrogens is 226 g/mol. The van der Waals surface area contributed by atoms with Crippen molar-refractivity contribution >= 4 is 0 Å². The van der Waals surface area contributed by atoms with Crippen LogP contribution in [0.25, 0.3) is 0 Å². The van der Waals surface area contributed by atoms with Gasteiger partial charge in [-0.2, -0.15) is 0 Å². The maximum Gasteiger partial charge on any atom is 0.0510 e. The molecule has 0 bridgehead atoms. The van der Waals surface area contributed by atoms with Gasteiger partial charge in [-0.3, -0.25) is 9.80 Å². The van der Waals surface area contributed by atoms with Crippen LogP contribution in [-0.2, 0) is 4.74 Å². The lowest BCUT2D eigenvalue weighted by Crippen LogP contribution is -2.58. The van der Waals surface area contributed by atoms with Crippen LogP contribution in [0.1, 0.15) is 27.2 Å². The van der Waals surface area contributed by atoms with Crippen LogP contribution in [0.2, 0.25) is 0 Å². The third-order valence-electron chi connectivity index (χ3n) is 4.48. The van der Waals surface area contributed by atoms with Gasteiger partial charge >= 0.3 is 0 Å². The van der Waals surface area contributed by atoms with E-state index in [0.717, 1.165) is 45.9 Å². The van der Waals surface area contributed by atoms with Gasteiger partial charge in [0.25, 0.3) is 0 Å². The minimum absolute atomic E-state index is 0.292. The first-order valence-corrected chi connectivity index (χ1v) is 7.29. The Morgan fingerprint density at radius 3 is 2.33 bits per heavy atom. The summed E-state index contributed by atoms with van der Waals surface area (Å²) in [5.41, 5.74) is 6.29. The Morgan fingerprint density at radius 1 is 1.22 bits per heavy atom. The van der Waals surface area contributed by atoms with Crippen molar-refractivity contribution in [1.82, 2.24) is 9.80 Å². The van der Waals surface area contributed by atoms with Gasteiger partial charge in [0.1, 0.15) is 0 Å². The average molecular weight is 255 g/mol. The van der Waals surface area contributed by atoms with E-state index in [4.69, 9.17) is 10.5 Å². The molecule has 0 saturated carbocycles. The molecular formula is C14H29N3O. The summed E-state index contributed by atoms with van der Waals surface area (Å²) in [5.74, 6) is 0.649. The molecule has 0 amide bonds. The molecule has 0 aromatic heterocycles. The van der Waals surface area contributed by atoms with Gasteiger partial charge in [-0.05, 0) is 27.2 Å². The number of hydrogen-bond acceptors (Lipinski definition) is 4. The summed E-state index contributed by atoms with van der Waals surface area (Å²) in [7, 11) is 0. The largest absolute Gasteiger partial charge is 0.381 e. The highest BCUT2D eigenvalue weighted by Crippen LogP contribution is 2.23. The van der Waals surface area contributed by atoms with E-state index in [2.05, 4.69) is 30.6 Å². The molecule has 4 heteroatoms. The second-order valence-electron chi connectivity index (χ2n) is 6.62. The fraction of sp³-hybridized carbons (Fsp3) is 1.00. The van der Waals surface area contributed by atoms with Crippen molar-refractivity contribution in [2.45, 2.75) is 38.8 Å². The van der Waals surface area contributed by atoms with E-state index in [0.29, 0.717) is 17.5 Å². The molecule has 106 valence electrons. The monoisotopic (exact) mass is 255 g/mol. The molecule has 0 aliphatic carbocycles. The molecule has 2 rings (SSSR count). The lowest BCUT2D eigenvalue weighted by molar-refractivity contribution is 0.0274. The van der Waals surface area contributed by atoms with Crippen LogP contribution in [0.5, 0.6) is 0 Å². The van der Waals surface area contributed by atoms with Crippen molar-refractivity contribution in [2.24, 2.45) is 11.7 Å². The van der Waals surface area contributed by atoms with E-state index < -0.39 is 0 Å². The summed E-state index contributed by atoms with van der Waals surface area (Å²) in [6.07, 6.45) is 1.18. The van der Waals surface area contributed by atoms with E-state index in [1.54, 1.807) is 0 Å². The fourth-order valence-corrected chi connectivity index (χ4v) is 3.22. The molecule has 2 unspecified atom stereocenters. The predicted molar refractivity (Wildman–Crippen MR) is 74.7 cm³/mol.